The van der Waals surface area contributed by atoms with Gasteiger partial charge in [0.25, 0.3) is 0 Å². The van der Waals surface area contributed by atoms with Crippen molar-refractivity contribution in [1.29, 1.82) is 0 Å². The van der Waals surface area contributed by atoms with E-state index in [2.05, 4.69) is 35.0 Å². The smallest absolute Gasteiger partial charge is 0.235 e. The van der Waals surface area contributed by atoms with Crippen LogP contribution in [-0.2, 0) is 15.1 Å². The second-order valence-corrected chi connectivity index (χ2v) is 6.06. The van der Waals surface area contributed by atoms with E-state index in [0.29, 0.717) is 0 Å². The Kier molecular flexibility index (Phi) is 4.09. The molecule has 1 aliphatic carbocycles. The zero-order valence-electron chi connectivity index (χ0n) is 12.6. The van der Waals surface area contributed by atoms with Crippen molar-refractivity contribution in [1.82, 2.24) is 0 Å². The first-order valence-electron chi connectivity index (χ1n) is 7.78. The Morgan fingerprint density at radius 3 is 2.62 bits per heavy atom. The molecule has 21 heavy (non-hydrogen) atoms. The third-order valence-corrected chi connectivity index (χ3v) is 4.70. The average Bonchev–Trinajstić information content (AvgIpc) is 2.98. The van der Waals surface area contributed by atoms with E-state index in [1.165, 1.54) is 16.8 Å². The number of morpholine rings is 1. The minimum Gasteiger partial charge on any atom is -0.378 e. The van der Waals surface area contributed by atoms with Gasteiger partial charge in [0.15, 0.2) is 0 Å². The predicted molar refractivity (Wildman–Crippen MR) is 82.5 cm³/mol. The standard InChI is InChI=1S/C17H22N2O2/c1-14-4-5-16(19-8-10-21-11-9-19)15(12-14)17(18-13-20)6-2-3-7-17/h4-5,12H,2-3,6-11H2,1H3. The summed E-state index contributed by atoms with van der Waals surface area (Å²) in [5.41, 5.74) is 3.27. The lowest BCUT2D eigenvalue weighted by Gasteiger charge is -2.34. The van der Waals surface area contributed by atoms with Crippen LogP contribution in [0.3, 0.4) is 0 Å². The molecule has 2 fully saturated rings. The Labute approximate surface area is 125 Å². The number of carbonyl (C=O) groups excluding carboxylic acids is 1. The highest BCUT2D eigenvalue weighted by Crippen LogP contribution is 2.46. The van der Waals surface area contributed by atoms with Crippen LogP contribution >= 0.6 is 0 Å². The molecule has 0 spiro atoms. The van der Waals surface area contributed by atoms with E-state index in [1.54, 1.807) is 0 Å². The molecule has 1 aromatic carbocycles. The van der Waals surface area contributed by atoms with E-state index >= 15 is 0 Å². The van der Waals surface area contributed by atoms with Gasteiger partial charge < -0.3 is 9.64 Å². The summed E-state index contributed by atoms with van der Waals surface area (Å²) in [6.45, 7) is 5.42. The maximum absolute atomic E-state index is 11.0. The van der Waals surface area contributed by atoms with Crippen molar-refractivity contribution in [3.05, 3.63) is 29.3 Å². The fraction of sp³-hybridized carbons (Fsp3) is 0.588. The second kappa shape index (κ2) is 6.00. The Morgan fingerprint density at radius 2 is 1.95 bits per heavy atom. The summed E-state index contributed by atoms with van der Waals surface area (Å²) in [5, 5.41) is 0. The summed E-state index contributed by atoms with van der Waals surface area (Å²) >= 11 is 0. The number of aliphatic imine (C=N–C) groups is 1. The molecule has 112 valence electrons. The lowest BCUT2D eigenvalue weighted by molar-refractivity contribution is 0.122. The molecular formula is C17H22N2O2. The normalized spacial score (nSPS) is 21.1. The summed E-state index contributed by atoms with van der Waals surface area (Å²) in [5.74, 6) is 0. The number of ether oxygens (including phenoxy) is 1. The van der Waals surface area contributed by atoms with E-state index in [4.69, 9.17) is 4.74 Å². The van der Waals surface area contributed by atoms with Gasteiger partial charge in [0.2, 0.25) is 6.08 Å². The summed E-state index contributed by atoms with van der Waals surface area (Å²) < 4.78 is 5.46. The van der Waals surface area contributed by atoms with Crippen molar-refractivity contribution >= 4 is 11.8 Å². The lowest BCUT2D eigenvalue weighted by Crippen LogP contribution is -2.38. The Hall–Kier alpha value is -1.64. The van der Waals surface area contributed by atoms with Crippen LogP contribution in [0.2, 0.25) is 0 Å². The minimum atomic E-state index is -0.360. The van der Waals surface area contributed by atoms with E-state index in [9.17, 15) is 4.79 Å². The van der Waals surface area contributed by atoms with Gasteiger partial charge in [-0.1, -0.05) is 30.5 Å². The van der Waals surface area contributed by atoms with Crippen LogP contribution in [0.25, 0.3) is 0 Å². The molecule has 0 radical (unpaired) electrons. The fourth-order valence-electron chi connectivity index (χ4n) is 3.59. The molecule has 1 aliphatic heterocycles. The van der Waals surface area contributed by atoms with Crippen molar-refractivity contribution in [2.45, 2.75) is 38.1 Å². The number of hydrogen-bond acceptors (Lipinski definition) is 4. The first-order valence-corrected chi connectivity index (χ1v) is 7.78. The molecule has 0 N–H and O–H groups in total. The van der Waals surface area contributed by atoms with Gasteiger partial charge in [0.1, 0.15) is 5.54 Å². The third kappa shape index (κ3) is 2.74. The maximum Gasteiger partial charge on any atom is 0.235 e. The van der Waals surface area contributed by atoms with Crippen LogP contribution in [0.5, 0.6) is 0 Å². The van der Waals surface area contributed by atoms with Crippen molar-refractivity contribution < 1.29 is 9.53 Å². The van der Waals surface area contributed by atoms with Crippen LogP contribution in [-0.4, -0.2) is 32.4 Å². The number of nitrogens with zero attached hydrogens (tertiary/aromatic N) is 2. The molecule has 3 rings (SSSR count). The van der Waals surface area contributed by atoms with Gasteiger partial charge in [-0.2, -0.15) is 4.99 Å². The molecule has 1 saturated carbocycles. The summed E-state index contributed by atoms with van der Waals surface area (Å²) in [6, 6.07) is 6.52. The molecule has 0 atom stereocenters. The van der Waals surface area contributed by atoms with Crippen LogP contribution < -0.4 is 4.90 Å². The molecule has 1 aromatic rings. The molecule has 1 saturated heterocycles. The van der Waals surface area contributed by atoms with E-state index in [0.717, 1.165) is 52.0 Å². The van der Waals surface area contributed by atoms with Crippen LogP contribution in [0.15, 0.2) is 23.2 Å². The highest BCUT2D eigenvalue weighted by atomic mass is 16.5. The Balaban J connectivity index is 2.06. The predicted octanol–water partition coefficient (Wildman–Crippen LogP) is 2.94. The number of benzene rings is 1. The lowest BCUT2D eigenvalue weighted by atomic mass is 9.86. The third-order valence-electron chi connectivity index (χ3n) is 4.70. The molecule has 0 amide bonds. The largest absolute Gasteiger partial charge is 0.378 e. The molecule has 4 nitrogen and oxygen atoms in total. The molecule has 0 bridgehead atoms. The van der Waals surface area contributed by atoms with Gasteiger partial charge in [0, 0.05) is 24.3 Å². The fourth-order valence-corrected chi connectivity index (χ4v) is 3.59. The second-order valence-electron chi connectivity index (χ2n) is 6.06. The zero-order chi connectivity index (χ0) is 14.7. The van der Waals surface area contributed by atoms with Crippen LogP contribution in [0, 0.1) is 6.92 Å². The maximum atomic E-state index is 11.0. The Morgan fingerprint density at radius 1 is 1.24 bits per heavy atom. The summed E-state index contributed by atoms with van der Waals surface area (Å²) in [7, 11) is 0. The quantitative estimate of drug-likeness (QED) is 0.634. The molecular weight excluding hydrogens is 264 g/mol. The van der Waals surface area contributed by atoms with E-state index < -0.39 is 0 Å². The van der Waals surface area contributed by atoms with Gasteiger partial charge in [-0.05, 0) is 25.8 Å². The topological polar surface area (TPSA) is 41.9 Å². The summed E-state index contributed by atoms with van der Waals surface area (Å²) in [6.07, 6.45) is 5.98. The Bertz CT molecular complexity index is 552. The first kappa shape index (κ1) is 14.3. The van der Waals surface area contributed by atoms with Crippen molar-refractivity contribution in [3.63, 3.8) is 0 Å². The number of rotatable bonds is 3. The first-order chi connectivity index (χ1) is 10.2. The molecule has 4 heteroatoms. The molecule has 2 aliphatic rings. The van der Waals surface area contributed by atoms with E-state index in [-0.39, 0.29) is 5.54 Å². The van der Waals surface area contributed by atoms with E-state index in [1.807, 2.05) is 6.08 Å². The zero-order valence-corrected chi connectivity index (χ0v) is 12.6. The van der Waals surface area contributed by atoms with Crippen LogP contribution in [0.1, 0.15) is 36.8 Å². The van der Waals surface area contributed by atoms with Gasteiger partial charge in [0.05, 0.1) is 13.2 Å². The van der Waals surface area contributed by atoms with Gasteiger partial charge in [-0.15, -0.1) is 0 Å². The van der Waals surface area contributed by atoms with Gasteiger partial charge >= 0.3 is 0 Å². The summed E-state index contributed by atoms with van der Waals surface area (Å²) in [4.78, 5) is 17.6. The van der Waals surface area contributed by atoms with Gasteiger partial charge in [-0.3, -0.25) is 0 Å². The van der Waals surface area contributed by atoms with Crippen molar-refractivity contribution in [2.75, 3.05) is 31.2 Å². The number of hydrogen-bond donors (Lipinski definition) is 0. The number of anilines is 1. The monoisotopic (exact) mass is 286 g/mol. The van der Waals surface area contributed by atoms with Crippen molar-refractivity contribution in [3.8, 4) is 0 Å². The SMILES string of the molecule is Cc1ccc(N2CCOCC2)c(C2(N=C=O)CCCC2)c1. The number of isocyanates is 1. The highest BCUT2D eigenvalue weighted by Gasteiger charge is 2.38. The molecule has 0 aromatic heterocycles. The number of aryl methyl sites for hydroxylation is 1. The molecule has 0 unspecified atom stereocenters. The van der Waals surface area contributed by atoms with Crippen LogP contribution in [0.4, 0.5) is 5.69 Å². The van der Waals surface area contributed by atoms with Crippen molar-refractivity contribution in [2.24, 2.45) is 4.99 Å². The highest BCUT2D eigenvalue weighted by molar-refractivity contribution is 5.59. The van der Waals surface area contributed by atoms with Gasteiger partial charge in [-0.25, -0.2) is 4.79 Å². The minimum absolute atomic E-state index is 0.360. The average molecular weight is 286 g/mol. The molecule has 1 heterocycles.